The lowest BCUT2D eigenvalue weighted by Crippen LogP contribution is -2.09. The van der Waals surface area contributed by atoms with E-state index in [0.717, 1.165) is 10.0 Å². The maximum Gasteiger partial charge on any atom is 0.311 e. The number of hydrogen-bond donors (Lipinski definition) is 1. The lowest BCUT2D eigenvalue weighted by molar-refractivity contribution is -0.142. The van der Waals surface area contributed by atoms with Crippen molar-refractivity contribution in [3.8, 4) is 0 Å². The molecule has 0 unspecified atom stereocenters. The zero-order valence-corrected chi connectivity index (χ0v) is 14.8. The number of nitrogens with zero attached hydrogens (tertiary/aromatic N) is 1. The lowest BCUT2D eigenvalue weighted by Gasteiger charge is -1.98. The van der Waals surface area contributed by atoms with Gasteiger partial charge in [-0.1, -0.05) is 28.1 Å². The standard InChI is InChI=1S/C16H15BrN2O3S/c1-2-22-15(21)9-13-10-23-16(18-13)19-14(20)7-6-11-4-3-5-12(17)8-11/h3-8,10H,2,9H2,1H3,(H,18,19,20)/b7-6+. The number of ether oxygens (including phenoxy) is 1. The van der Waals surface area contributed by atoms with Crippen LogP contribution >= 0.6 is 27.3 Å². The van der Waals surface area contributed by atoms with E-state index in [-0.39, 0.29) is 18.3 Å². The van der Waals surface area contributed by atoms with Gasteiger partial charge in [0.25, 0.3) is 0 Å². The molecule has 0 aliphatic heterocycles. The number of thiazole rings is 1. The van der Waals surface area contributed by atoms with Crippen LogP contribution < -0.4 is 5.32 Å². The minimum Gasteiger partial charge on any atom is -0.466 e. The van der Waals surface area contributed by atoms with Crippen molar-refractivity contribution in [3.63, 3.8) is 0 Å². The SMILES string of the molecule is CCOC(=O)Cc1csc(NC(=O)/C=C/c2cccc(Br)c2)n1. The van der Waals surface area contributed by atoms with Crippen molar-refractivity contribution in [1.82, 2.24) is 4.98 Å². The Morgan fingerprint density at radius 2 is 2.26 bits per heavy atom. The molecule has 1 amide bonds. The summed E-state index contributed by atoms with van der Waals surface area (Å²) in [5.74, 6) is -0.604. The highest BCUT2D eigenvalue weighted by Crippen LogP contribution is 2.17. The third kappa shape index (κ3) is 5.96. The van der Waals surface area contributed by atoms with E-state index in [1.807, 2.05) is 24.3 Å². The summed E-state index contributed by atoms with van der Waals surface area (Å²) in [6, 6.07) is 7.61. The second kappa shape index (κ2) is 8.59. The number of benzene rings is 1. The summed E-state index contributed by atoms with van der Waals surface area (Å²) in [5, 5.41) is 4.85. The molecule has 23 heavy (non-hydrogen) atoms. The Morgan fingerprint density at radius 3 is 3.00 bits per heavy atom. The van der Waals surface area contributed by atoms with E-state index in [9.17, 15) is 9.59 Å². The molecule has 0 aliphatic rings. The molecule has 0 saturated heterocycles. The molecule has 0 atom stereocenters. The summed E-state index contributed by atoms with van der Waals surface area (Å²) in [6.45, 7) is 2.09. The average Bonchev–Trinajstić information content (AvgIpc) is 2.92. The monoisotopic (exact) mass is 394 g/mol. The maximum absolute atomic E-state index is 11.9. The molecule has 2 aromatic rings. The van der Waals surface area contributed by atoms with E-state index in [0.29, 0.717) is 17.4 Å². The summed E-state index contributed by atoms with van der Waals surface area (Å²) < 4.78 is 5.80. The second-order valence-corrected chi connectivity index (χ2v) is 6.28. The van der Waals surface area contributed by atoms with E-state index in [1.165, 1.54) is 17.4 Å². The summed E-state index contributed by atoms with van der Waals surface area (Å²) >= 11 is 4.65. The van der Waals surface area contributed by atoms with Gasteiger partial charge in [-0.05, 0) is 30.7 Å². The molecule has 0 bridgehead atoms. The second-order valence-electron chi connectivity index (χ2n) is 4.50. The van der Waals surface area contributed by atoms with Gasteiger partial charge in [0, 0.05) is 15.9 Å². The fraction of sp³-hybridized carbons (Fsp3) is 0.188. The topological polar surface area (TPSA) is 68.3 Å². The van der Waals surface area contributed by atoms with Gasteiger partial charge in [-0.2, -0.15) is 0 Å². The summed E-state index contributed by atoms with van der Waals surface area (Å²) in [6.07, 6.45) is 3.26. The molecular weight excluding hydrogens is 380 g/mol. The van der Waals surface area contributed by atoms with Crippen LogP contribution in [0.25, 0.3) is 6.08 Å². The quantitative estimate of drug-likeness (QED) is 0.599. The van der Waals surface area contributed by atoms with Gasteiger partial charge >= 0.3 is 5.97 Å². The highest BCUT2D eigenvalue weighted by atomic mass is 79.9. The van der Waals surface area contributed by atoms with Crippen molar-refractivity contribution in [2.24, 2.45) is 0 Å². The van der Waals surface area contributed by atoms with Crippen molar-refractivity contribution in [1.29, 1.82) is 0 Å². The largest absolute Gasteiger partial charge is 0.466 e. The summed E-state index contributed by atoms with van der Waals surface area (Å²) in [5.41, 5.74) is 1.50. The van der Waals surface area contributed by atoms with Gasteiger partial charge in [-0.15, -0.1) is 11.3 Å². The molecule has 0 fully saturated rings. The fourth-order valence-corrected chi connectivity index (χ4v) is 2.86. The van der Waals surface area contributed by atoms with Crippen molar-refractivity contribution in [2.75, 3.05) is 11.9 Å². The number of rotatable bonds is 6. The first-order valence-corrected chi connectivity index (χ1v) is 8.58. The zero-order valence-electron chi connectivity index (χ0n) is 12.4. The molecule has 1 aromatic carbocycles. The molecule has 7 heteroatoms. The van der Waals surface area contributed by atoms with Gasteiger partial charge in [0.2, 0.25) is 5.91 Å². The smallest absolute Gasteiger partial charge is 0.311 e. The number of amides is 1. The minimum absolute atomic E-state index is 0.105. The number of aromatic nitrogens is 1. The molecular formula is C16H15BrN2O3S. The summed E-state index contributed by atoms with van der Waals surface area (Å²) in [7, 11) is 0. The number of hydrogen-bond acceptors (Lipinski definition) is 5. The molecule has 0 aliphatic carbocycles. The van der Waals surface area contributed by atoms with Crippen LogP contribution in [0.5, 0.6) is 0 Å². The number of esters is 1. The normalized spacial score (nSPS) is 10.7. The zero-order chi connectivity index (χ0) is 16.7. The van der Waals surface area contributed by atoms with Gasteiger partial charge in [-0.3, -0.25) is 14.9 Å². The molecule has 0 spiro atoms. The third-order valence-electron chi connectivity index (χ3n) is 2.69. The van der Waals surface area contributed by atoms with Gasteiger partial charge in [0.1, 0.15) is 0 Å². The molecule has 1 heterocycles. The minimum atomic E-state index is -0.328. The third-order valence-corrected chi connectivity index (χ3v) is 3.99. The number of carbonyl (C=O) groups is 2. The highest BCUT2D eigenvalue weighted by molar-refractivity contribution is 9.10. The predicted molar refractivity (Wildman–Crippen MR) is 94.3 cm³/mol. The number of anilines is 1. The van der Waals surface area contributed by atoms with Gasteiger partial charge in [-0.25, -0.2) is 4.98 Å². The van der Waals surface area contributed by atoms with Crippen LogP contribution in [-0.4, -0.2) is 23.5 Å². The van der Waals surface area contributed by atoms with E-state index in [1.54, 1.807) is 18.4 Å². The van der Waals surface area contributed by atoms with E-state index >= 15 is 0 Å². The van der Waals surface area contributed by atoms with E-state index < -0.39 is 0 Å². The van der Waals surface area contributed by atoms with Crippen molar-refractivity contribution < 1.29 is 14.3 Å². The average molecular weight is 395 g/mol. The van der Waals surface area contributed by atoms with E-state index in [2.05, 4.69) is 26.2 Å². The van der Waals surface area contributed by atoms with E-state index in [4.69, 9.17) is 4.74 Å². The van der Waals surface area contributed by atoms with Crippen LogP contribution in [0.1, 0.15) is 18.2 Å². The van der Waals surface area contributed by atoms with Crippen molar-refractivity contribution in [3.05, 3.63) is 51.5 Å². The lowest BCUT2D eigenvalue weighted by atomic mass is 10.2. The van der Waals surface area contributed by atoms with Gasteiger partial charge in [0.15, 0.2) is 5.13 Å². The first kappa shape index (κ1) is 17.4. The Morgan fingerprint density at radius 1 is 1.43 bits per heavy atom. The van der Waals surface area contributed by atoms with Crippen LogP contribution in [0.3, 0.4) is 0 Å². The number of nitrogens with one attached hydrogen (secondary N) is 1. The molecule has 120 valence electrons. The number of carbonyl (C=O) groups excluding carboxylic acids is 2. The Balaban J connectivity index is 1.90. The first-order chi connectivity index (χ1) is 11.1. The molecule has 0 radical (unpaired) electrons. The van der Waals surface area contributed by atoms with Crippen molar-refractivity contribution >= 4 is 50.4 Å². The Kier molecular flexibility index (Phi) is 6.49. The van der Waals surface area contributed by atoms with Gasteiger partial charge < -0.3 is 4.74 Å². The Bertz CT molecular complexity index is 728. The van der Waals surface area contributed by atoms with Gasteiger partial charge in [0.05, 0.1) is 18.7 Å². The van der Waals surface area contributed by atoms with Crippen LogP contribution in [0.2, 0.25) is 0 Å². The summed E-state index contributed by atoms with van der Waals surface area (Å²) in [4.78, 5) is 27.4. The van der Waals surface area contributed by atoms with Crippen molar-refractivity contribution in [2.45, 2.75) is 13.3 Å². The molecule has 0 saturated carbocycles. The fourth-order valence-electron chi connectivity index (χ4n) is 1.73. The van der Waals surface area contributed by atoms with Crippen LogP contribution in [-0.2, 0) is 20.7 Å². The Labute approximate surface area is 146 Å². The first-order valence-electron chi connectivity index (χ1n) is 6.91. The highest BCUT2D eigenvalue weighted by Gasteiger charge is 2.09. The van der Waals surface area contributed by atoms with Crippen LogP contribution in [0.4, 0.5) is 5.13 Å². The molecule has 1 aromatic heterocycles. The predicted octanol–water partition coefficient (Wildman–Crippen LogP) is 3.66. The number of halogens is 1. The maximum atomic E-state index is 11.9. The van der Waals surface area contributed by atoms with Crippen LogP contribution in [0, 0.1) is 0 Å². The van der Waals surface area contributed by atoms with Crippen LogP contribution in [0.15, 0.2) is 40.2 Å². The molecule has 1 N–H and O–H groups in total. The molecule has 2 rings (SSSR count). The molecule has 5 nitrogen and oxygen atoms in total. The Hall–Kier alpha value is -1.99.